The molecule has 1 heterocycles. The van der Waals surface area contributed by atoms with Crippen LogP contribution in [0.5, 0.6) is 0 Å². The normalized spacial score (nSPS) is 12.9. The Bertz CT molecular complexity index is 340. The van der Waals surface area contributed by atoms with Gasteiger partial charge in [0.2, 0.25) is 0 Å². The van der Waals surface area contributed by atoms with Crippen LogP contribution in [0.3, 0.4) is 0 Å². The zero-order valence-corrected chi connectivity index (χ0v) is 11.4. The van der Waals surface area contributed by atoms with Crippen molar-refractivity contribution >= 4 is 5.69 Å². The highest BCUT2D eigenvalue weighted by Gasteiger charge is 2.14. The van der Waals surface area contributed by atoms with Gasteiger partial charge in [-0.2, -0.15) is 0 Å². The number of fused-ring (bicyclic) bond motifs is 1. The monoisotopic (exact) mass is 219 g/mol. The molecule has 16 heavy (non-hydrogen) atoms. The first-order chi connectivity index (χ1) is 7.72. The van der Waals surface area contributed by atoms with E-state index in [1.165, 1.54) is 28.8 Å². The van der Waals surface area contributed by atoms with Crippen LogP contribution in [0.4, 0.5) is 5.69 Å². The van der Waals surface area contributed by atoms with Gasteiger partial charge in [0.1, 0.15) is 0 Å². The molecule has 0 atom stereocenters. The smallest absolute Gasteiger partial charge is 0.0376 e. The summed E-state index contributed by atoms with van der Waals surface area (Å²) in [6, 6.07) is 4.75. The molecule has 90 valence electrons. The Morgan fingerprint density at radius 2 is 1.94 bits per heavy atom. The van der Waals surface area contributed by atoms with Gasteiger partial charge in [-0.1, -0.05) is 40.7 Å². The Balaban J connectivity index is 0.000000606. The fraction of sp³-hybridized carbons (Fsp3) is 0.600. The number of aryl methyl sites for hydroxylation is 1. The predicted octanol–water partition coefficient (Wildman–Crippen LogP) is 4.37. The molecule has 0 aliphatic carbocycles. The highest BCUT2D eigenvalue weighted by atomic mass is 14.9. The summed E-state index contributed by atoms with van der Waals surface area (Å²) in [7, 11) is 0. The van der Waals surface area contributed by atoms with Crippen LogP contribution < -0.4 is 5.32 Å². The Hall–Kier alpha value is -0.980. The van der Waals surface area contributed by atoms with Crippen molar-refractivity contribution in [2.24, 2.45) is 0 Å². The van der Waals surface area contributed by atoms with Gasteiger partial charge in [0.05, 0.1) is 0 Å². The standard InChI is InChI=1S/C13H19N.C2H6/c1-4-10-7-11-5-6-14-13(11)8-12(10)9(2)3;1-2/h7-9,14H,4-6H2,1-3H3;1-2H3. The predicted molar refractivity (Wildman–Crippen MR) is 73.5 cm³/mol. The summed E-state index contributed by atoms with van der Waals surface area (Å²) in [6.07, 6.45) is 2.35. The van der Waals surface area contributed by atoms with Gasteiger partial charge in [0.15, 0.2) is 0 Å². The van der Waals surface area contributed by atoms with Crippen LogP contribution in [0.15, 0.2) is 12.1 Å². The molecule has 1 aliphatic heterocycles. The second-order valence-electron chi connectivity index (χ2n) is 4.39. The molecule has 1 heteroatoms. The SMILES string of the molecule is CC.CCc1cc2c(cc1C(C)C)NCC2. The molecule has 0 amide bonds. The number of hydrogen-bond donors (Lipinski definition) is 1. The van der Waals surface area contributed by atoms with E-state index in [1.807, 2.05) is 13.8 Å². The zero-order valence-electron chi connectivity index (χ0n) is 11.4. The molecule has 0 radical (unpaired) electrons. The van der Waals surface area contributed by atoms with Gasteiger partial charge >= 0.3 is 0 Å². The van der Waals surface area contributed by atoms with Crippen molar-refractivity contribution < 1.29 is 0 Å². The summed E-state index contributed by atoms with van der Waals surface area (Å²) in [5.41, 5.74) is 5.92. The molecule has 1 aromatic carbocycles. The first-order valence-electron chi connectivity index (χ1n) is 6.62. The molecule has 1 N–H and O–H groups in total. The molecule has 0 aromatic heterocycles. The maximum atomic E-state index is 3.45. The number of hydrogen-bond acceptors (Lipinski definition) is 1. The maximum absolute atomic E-state index is 3.45. The number of benzene rings is 1. The van der Waals surface area contributed by atoms with Crippen molar-refractivity contribution in [1.82, 2.24) is 0 Å². The summed E-state index contributed by atoms with van der Waals surface area (Å²) in [4.78, 5) is 0. The summed E-state index contributed by atoms with van der Waals surface area (Å²) >= 11 is 0. The van der Waals surface area contributed by atoms with E-state index in [0.29, 0.717) is 5.92 Å². The van der Waals surface area contributed by atoms with Crippen molar-refractivity contribution in [3.63, 3.8) is 0 Å². The molecule has 0 bridgehead atoms. The second-order valence-corrected chi connectivity index (χ2v) is 4.39. The number of anilines is 1. The summed E-state index contributed by atoms with van der Waals surface area (Å²) < 4.78 is 0. The van der Waals surface area contributed by atoms with Crippen LogP contribution in [-0.2, 0) is 12.8 Å². The number of rotatable bonds is 2. The molecule has 0 fully saturated rings. The molecule has 1 nitrogen and oxygen atoms in total. The summed E-state index contributed by atoms with van der Waals surface area (Å²) in [6.45, 7) is 11.9. The van der Waals surface area contributed by atoms with Crippen molar-refractivity contribution in [1.29, 1.82) is 0 Å². The lowest BCUT2D eigenvalue weighted by Gasteiger charge is -2.14. The zero-order chi connectivity index (χ0) is 12.1. The van der Waals surface area contributed by atoms with Crippen LogP contribution in [0.2, 0.25) is 0 Å². The van der Waals surface area contributed by atoms with E-state index in [1.54, 1.807) is 0 Å². The third kappa shape index (κ3) is 2.58. The van der Waals surface area contributed by atoms with Crippen LogP contribution in [0.25, 0.3) is 0 Å². The van der Waals surface area contributed by atoms with E-state index in [0.717, 1.165) is 13.0 Å². The summed E-state index contributed by atoms with van der Waals surface area (Å²) in [5.74, 6) is 0.637. The fourth-order valence-corrected chi connectivity index (χ4v) is 2.26. The average Bonchev–Trinajstić information content (AvgIpc) is 2.76. The minimum absolute atomic E-state index is 0.637. The van der Waals surface area contributed by atoms with Crippen LogP contribution in [-0.4, -0.2) is 6.54 Å². The lowest BCUT2D eigenvalue weighted by atomic mass is 9.93. The van der Waals surface area contributed by atoms with Gasteiger partial charge in [0, 0.05) is 12.2 Å². The average molecular weight is 219 g/mol. The minimum atomic E-state index is 0.637. The van der Waals surface area contributed by atoms with Crippen LogP contribution in [0, 0.1) is 0 Å². The third-order valence-electron chi connectivity index (χ3n) is 3.08. The third-order valence-corrected chi connectivity index (χ3v) is 3.08. The second kappa shape index (κ2) is 5.93. The van der Waals surface area contributed by atoms with Gasteiger partial charge < -0.3 is 5.32 Å². The lowest BCUT2D eigenvalue weighted by molar-refractivity contribution is 0.844. The molecule has 1 aliphatic rings. The molecular formula is C15H25N. The summed E-state index contributed by atoms with van der Waals surface area (Å²) in [5, 5.41) is 3.45. The van der Waals surface area contributed by atoms with Gasteiger partial charge in [-0.15, -0.1) is 0 Å². The Labute approximate surface area is 100 Å². The van der Waals surface area contributed by atoms with E-state index < -0.39 is 0 Å². The Kier molecular flexibility index (Phi) is 4.85. The molecule has 0 spiro atoms. The van der Waals surface area contributed by atoms with Crippen molar-refractivity contribution in [3.05, 3.63) is 28.8 Å². The number of nitrogens with one attached hydrogen (secondary N) is 1. The van der Waals surface area contributed by atoms with E-state index in [2.05, 4.69) is 38.2 Å². The van der Waals surface area contributed by atoms with E-state index >= 15 is 0 Å². The van der Waals surface area contributed by atoms with Gasteiger partial charge in [-0.3, -0.25) is 0 Å². The quantitative estimate of drug-likeness (QED) is 0.779. The van der Waals surface area contributed by atoms with Gasteiger partial charge in [-0.25, -0.2) is 0 Å². The first kappa shape index (κ1) is 13.1. The maximum Gasteiger partial charge on any atom is 0.0376 e. The van der Waals surface area contributed by atoms with Crippen molar-refractivity contribution in [2.75, 3.05) is 11.9 Å². The van der Waals surface area contributed by atoms with Gasteiger partial charge in [-0.05, 0) is 41.5 Å². The largest absolute Gasteiger partial charge is 0.384 e. The van der Waals surface area contributed by atoms with Crippen molar-refractivity contribution in [2.45, 2.75) is 53.4 Å². The Morgan fingerprint density at radius 3 is 2.50 bits per heavy atom. The van der Waals surface area contributed by atoms with Crippen LogP contribution in [0.1, 0.15) is 57.2 Å². The molecule has 0 saturated carbocycles. The van der Waals surface area contributed by atoms with Gasteiger partial charge in [0.25, 0.3) is 0 Å². The highest BCUT2D eigenvalue weighted by Crippen LogP contribution is 2.30. The molecule has 0 saturated heterocycles. The molecule has 0 unspecified atom stereocenters. The van der Waals surface area contributed by atoms with E-state index in [9.17, 15) is 0 Å². The van der Waals surface area contributed by atoms with Crippen LogP contribution >= 0.6 is 0 Å². The highest BCUT2D eigenvalue weighted by molar-refractivity contribution is 5.59. The lowest BCUT2D eigenvalue weighted by Crippen LogP contribution is -1.97. The first-order valence-corrected chi connectivity index (χ1v) is 6.62. The molecular weight excluding hydrogens is 194 g/mol. The molecule has 1 aromatic rings. The minimum Gasteiger partial charge on any atom is -0.384 e. The Morgan fingerprint density at radius 1 is 1.25 bits per heavy atom. The van der Waals surface area contributed by atoms with E-state index in [4.69, 9.17) is 0 Å². The van der Waals surface area contributed by atoms with E-state index in [-0.39, 0.29) is 0 Å². The molecule has 2 rings (SSSR count). The van der Waals surface area contributed by atoms with Crippen molar-refractivity contribution in [3.8, 4) is 0 Å². The topological polar surface area (TPSA) is 12.0 Å². The fourth-order valence-electron chi connectivity index (χ4n) is 2.26.